The van der Waals surface area contributed by atoms with Crippen LogP contribution in [0.2, 0.25) is 5.02 Å². The van der Waals surface area contributed by atoms with Crippen LogP contribution in [-0.4, -0.2) is 46.4 Å². The predicted molar refractivity (Wildman–Crippen MR) is 102 cm³/mol. The minimum absolute atomic E-state index is 0.159. The Morgan fingerprint density at radius 3 is 2.96 bits per heavy atom. The molecular formula is C19H19ClN4O3. The van der Waals surface area contributed by atoms with Crippen LogP contribution in [0.3, 0.4) is 0 Å². The largest absolute Gasteiger partial charge is 0.377 e. The van der Waals surface area contributed by atoms with Crippen molar-refractivity contribution in [2.75, 3.05) is 25.1 Å². The molecule has 8 heteroatoms. The molecule has 27 heavy (non-hydrogen) atoms. The minimum atomic E-state index is -0.278. The van der Waals surface area contributed by atoms with Crippen molar-refractivity contribution in [2.45, 2.75) is 13.0 Å². The van der Waals surface area contributed by atoms with Crippen LogP contribution in [0.5, 0.6) is 0 Å². The lowest BCUT2D eigenvalue weighted by Crippen LogP contribution is -2.42. The number of rotatable bonds is 4. The van der Waals surface area contributed by atoms with E-state index in [1.54, 1.807) is 29.3 Å². The molecule has 3 rings (SSSR count). The number of hydrogen-bond donors (Lipinski definition) is 1. The zero-order valence-electron chi connectivity index (χ0n) is 14.8. The van der Waals surface area contributed by atoms with Crippen LogP contribution >= 0.6 is 11.6 Å². The van der Waals surface area contributed by atoms with Gasteiger partial charge in [-0.3, -0.25) is 9.59 Å². The highest BCUT2D eigenvalue weighted by Gasteiger charge is 2.28. The van der Waals surface area contributed by atoms with E-state index in [2.05, 4.69) is 21.9 Å². The number of benzene rings is 1. The van der Waals surface area contributed by atoms with Gasteiger partial charge < -0.3 is 15.0 Å². The maximum absolute atomic E-state index is 12.2. The quantitative estimate of drug-likeness (QED) is 0.817. The van der Waals surface area contributed by atoms with Crippen LogP contribution in [0.4, 0.5) is 5.82 Å². The molecule has 0 saturated carbocycles. The van der Waals surface area contributed by atoms with Crippen molar-refractivity contribution < 1.29 is 14.3 Å². The van der Waals surface area contributed by atoms with E-state index in [1.165, 1.54) is 13.0 Å². The van der Waals surface area contributed by atoms with E-state index in [0.717, 1.165) is 5.56 Å². The Morgan fingerprint density at radius 2 is 2.22 bits per heavy atom. The summed E-state index contributed by atoms with van der Waals surface area (Å²) >= 11 is 6.31. The molecule has 140 valence electrons. The number of morpholine rings is 1. The normalized spacial score (nSPS) is 16.7. The first-order chi connectivity index (χ1) is 13.0. The SMILES string of the molecule is C=CC(=O)N1CCOCC1c1cc(Cl)cc(-c2nccc(NC(C)=O)n2)c1. The highest BCUT2D eigenvalue weighted by Crippen LogP contribution is 2.31. The molecule has 0 radical (unpaired) electrons. The van der Waals surface area contributed by atoms with Crippen molar-refractivity contribution in [1.29, 1.82) is 0 Å². The maximum atomic E-state index is 12.2. The van der Waals surface area contributed by atoms with Crippen molar-refractivity contribution in [3.8, 4) is 11.4 Å². The summed E-state index contributed by atoms with van der Waals surface area (Å²) in [5, 5.41) is 3.12. The molecule has 1 fully saturated rings. The van der Waals surface area contributed by atoms with Crippen molar-refractivity contribution in [1.82, 2.24) is 14.9 Å². The first kappa shape index (κ1) is 19.0. The molecule has 1 N–H and O–H groups in total. The van der Waals surface area contributed by atoms with Crippen LogP contribution in [0.25, 0.3) is 11.4 Å². The van der Waals surface area contributed by atoms with Gasteiger partial charge in [0.2, 0.25) is 11.8 Å². The molecule has 0 spiro atoms. The van der Waals surface area contributed by atoms with E-state index in [1.807, 2.05) is 6.07 Å². The number of anilines is 1. The molecule has 2 amide bonds. The minimum Gasteiger partial charge on any atom is -0.377 e. The molecule has 2 heterocycles. The van der Waals surface area contributed by atoms with Gasteiger partial charge in [0.15, 0.2) is 5.82 Å². The highest BCUT2D eigenvalue weighted by atomic mass is 35.5. The highest BCUT2D eigenvalue weighted by molar-refractivity contribution is 6.31. The molecule has 1 aromatic carbocycles. The number of amides is 2. The fourth-order valence-electron chi connectivity index (χ4n) is 2.94. The molecule has 1 aliphatic heterocycles. The van der Waals surface area contributed by atoms with E-state index in [0.29, 0.717) is 42.0 Å². The van der Waals surface area contributed by atoms with Gasteiger partial charge in [-0.15, -0.1) is 0 Å². The zero-order valence-corrected chi connectivity index (χ0v) is 15.6. The molecule has 1 unspecified atom stereocenters. The topological polar surface area (TPSA) is 84.4 Å². The number of hydrogen-bond acceptors (Lipinski definition) is 5. The van der Waals surface area contributed by atoms with E-state index in [4.69, 9.17) is 16.3 Å². The second-order valence-electron chi connectivity index (χ2n) is 6.05. The standard InChI is InChI=1S/C19H19ClN4O3/c1-3-18(26)24-6-7-27-11-16(24)13-8-14(10-15(20)9-13)19-21-5-4-17(23-19)22-12(2)25/h3-5,8-10,16H,1,6-7,11H2,2H3,(H,21,22,23,25). The summed E-state index contributed by atoms with van der Waals surface area (Å²) in [5.74, 6) is 0.444. The summed E-state index contributed by atoms with van der Waals surface area (Å²) in [6.45, 7) is 6.30. The summed E-state index contributed by atoms with van der Waals surface area (Å²) in [4.78, 5) is 33.8. The maximum Gasteiger partial charge on any atom is 0.246 e. The molecule has 1 aromatic heterocycles. The zero-order chi connectivity index (χ0) is 19.4. The van der Waals surface area contributed by atoms with Crippen molar-refractivity contribution in [2.24, 2.45) is 0 Å². The van der Waals surface area contributed by atoms with Gasteiger partial charge in [-0.25, -0.2) is 9.97 Å². The van der Waals surface area contributed by atoms with Gasteiger partial charge in [0.05, 0.1) is 19.3 Å². The Bertz CT molecular complexity index is 887. The Morgan fingerprint density at radius 1 is 1.41 bits per heavy atom. The Balaban J connectivity index is 1.98. The third kappa shape index (κ3) is 4.50. The molecule has 1 atom stereocenters. The molecule has 0 aliphatic carbocycles. The monoisotopic (exact) mass is 386 g/mol. The Kier molecular flexibility index (Phi) is 5.83. The predicted octanol–water partition coefficient (Wildman–Crippen LogP) is 2.84. The first-order valence-electron chi connectivity index (χ1n) is 8.40. The summed E-state index contributed by atoms with van der Waals surface area (Å²) in [7, 11) is 0. The van der Waals surface area contributed by atoms with Gasteiger partial charge in [-0.1, -0.05) is 18.2 Å². The molecule has 7 nitrogen and oxygen atoms in total. The molecule has 1 saturated heterocycles. The molecule has 1 aliphatic rings. The number of ether oxygens (including phenoxy) is 1. The molecular weight excluding hydrogens is 368 g/mol. The van der Waals surface area contributed by atoms with Gasteiger partial charge in [0.1, 0.15) is 5.82 Å². The van der Waals surface area contributed by atoms with Crippen LogP contribution in [0.15, 0.2) is 43.1 Å². The van der Waals surface area contributed by atoms with Crippen molar-refractivity contribution in [3.63, 3.8) is 0 Å². The van der Waals surface area contributed by atoms with Crippen LogP contribution < -0.4 is 5.32 Å². The van der Waals surface area contributed by atoms with E-state index in [9.17, 15) is 9.59 Å². The van der Waals surface area contributed by atoms with E-state index >= 15 is 0 Å². The van der Waals surface area contributed by atoms with Crippen LogP contribution in [0.1, 0.15) is 18.5 Å². The van der Waals surface area contributed by atoms with Crippen LogP contribution in [0, 0.1) is 0 Å². The number of carbonyl (C=O) groups excluding carboxylic acids is 2. The lowest BCUT2D eigenvalue weighted by molar-refractivity contribution is -0.134. The summed E-state index contributed by atoms with van der Waals surface area (Å²) in [6.07, 6.45) is 2.86. The number of carbonyl (C=O) groups is 2. The fourth-order valence-corrected chi connectivity index (χ4v) is 3.19. The van der Waals surface area contributed by atoms with Crippen LogP contribution in [-0.2, 0) is 14.3 Å². The average molecular weight is 387 g/mol. The van der Waals surface area contributed by atoms with E-state index < -0.39 is 0 Å². The molecule has 0 bridgehead atoms. The number of halogens is 1. The van der Waals surface area contributed by atoms with Crippen molar-refractivity contribution >= 4 is 29.2 Å². The van der Waals surface area contributed by atoms with Crippen molar-refractivity contribution in [3.05, 3.63) is 53.7 Å². The second-order valence-corrected chi connectivity index (χ2v) is 6.48. The number of nitrogens with zero attached hydrogens (tertiary/aromatic N) is 3. The lowest BCUT2D eigenvalue weighted by atomic mass is 10.0. The third-order valence-corrected chi connectivity index (χ3v) is 4.33. The molecule has 2 aromatic rings. The first-order valence-corrected chi connectivity index (χ1v) is 8.78. The Hall–Kier alpha value is -2.77. The Labute approximate surface area is 162 Å². The van der Waals surface area contributed by atoms with Gasteiger partial charge in [0, 0.05) is 30.3 Å². The van der Waals surface area contributed by atoms with E-state index in [-0.39, 0.29) is 17.9 Å². The summed E-state index contributed by atoms with van der Waals surface area (Å²) in [6, 6.07) is 6.74. The lowest BCUT2D eigenvalue weighted by Gasteiger charge is -2.35. The summed E-state index contributed by atoms with van der Waals surface area (Å²) in [5.41, 5.74) is 1.50. The average Bonchev–Trinajstić information content (AvgIpc) is 2.66. The smallest absolute Gasteiger partial charge is 0.246 e. The number of aromatic nitrogens is 2. The summed E-state index contributed by atoms with van der Waals surface area (Å²) < 4.78 is 5.56. The van der Waals surface area contributed by atoms with Gasteiger partial charge in [-0.2, -0.15) is 0 Å². The van der Waals surface area contributed by atoms with Gasteiger partial charge >= 0.3 is 0 Å². The third-order valence-electron chi connectivity index (χ3n) is 4.11. The van der Waals surface area contributed by atoms with Gasteiger partial charge in [0.25, 0.3) is 0 Å². The fraction of sp³-hybridized carbons (Fsp3) is 0.263. The van der Waals surface area contributed by atoms with Gasteiger partial charge in [-0.05, 0) is 35.9 Å². The number of nitrogens with one attached hydrogen (secondary N) is 1. The second kappa shape index (κ2) is 8.28.